The number of carbonyl (C=O) groups is 1. The van der Waals surface area contributed by atoms with E-state index in [0.717, 1.165) is 48.9 Å². The Bertz CT molecular complexity index is 1120. The third-order valence-corrected chi connectivity index (χ3v) is 7.00. The van der Waals surface area contributed by atoms with Crippen LogP contribution in [0.5, 0.6) is 0 Å². The molecule has 0 unspecified atom stereocenters. The van der Waals surface area contributed by atoms with Crippen molar-refractivity contribution in [3.63, 3.8) is 0 Å². The van der Waals surface area contributed by atoms with Crippen molar-refractivity contribution in [2.75, 3.05) is 13.1 Å². The third-order valence-electron chi connectivity index (χ3n) is 7.00. The van der Waals surface area contributed by atoms with Gasteiger partial charge >= 0.3 is 6.18 Å². The molecule has 1 aliphatic heterocycles. The van der Waals surface area contributed by atoms with Crippen LogP contribution in [0.3, 0.4) is 0 Å². The van der Waals surface area contributed by atoms with E-state index in [9.17, 15) is 18.0 Å². The summed E-state index contributed by atoms with van der Waals surface area (Å²) in [6, 6.07) is 14.8. The number of halogens is 3. The number of aromatic nitrogens is 2. The molecule has 2 atom stereocenters. The maximum Gasteiger partial charge on any atom is 0.416 e. The number of hydrogen-bond acceptors (Lipinski definition) is 4. The molecule has 0 spiro atoms. The van der Waals surface area contributed by atoms with Gasteiger partial charge in [-0.25, -0.2) is 0 Å². The smallest absolute Gasteiger partial charge is 0.341 e. The number of rotatable bonds is 4. The summed E-state index contributed by atoms with van der Waals surface area (Å²) in [7, 11) is 0. The molecule has 0 N–H and O–H groups in total. The lowest BCUT2D eigenvalue weighted by Crippen LogP contribution is -2.44. The average Bonchev–Trinajstić information content (AvgIpc) is 3.56. The van der Waals surface area contributed by atoms with E-state index in [2.05, 4.69) is 10.1 Å². The van der Waals surface area contributed by atoms with Gasteiger partial charge in [0.25, 0.3) is 0 Å². The van der Waals surface area contributed by atoms with Gasteiger partial charge in [-0.1, -0.05) is 60.5 Å². The first kappa shape index (κ1) is 22.6. The molecule has 5 rings (SSSR count). The zero-order valence-electron chi connectivity index (χ0n) is 18.7. The van der Waals surface area contributed by atoms with E-state index < -0.39 is 11.7 Å². The first-order valence-corrected chi connectivity index (χ1v) is 11.7. The normalized spacial score (nSPS) is 21.7. The van der Waals surface area contributed by atoms with Crippen LogP contribution < -0.4 is 0 Å². The fraction of sp³-hybridized carbons (Fsp3) is 0.423. The van der Waals surface area contributed by atoms with Gasteiger partial charge in [0, 0.05) is 30.5 Å². The Kier molecular flexibility index (Phi) is 6.15. The van der Waals surface area contributed by atoms with Crippen molar-refractivity contribution in [2.45, 2.75) is 50.1 Å². The molecule has 2 heterocycles. The average molecular weight is 470 g/mol. The van der Waals surface area contributed by atoms with Crippen molar-refractivity contribution >= 4 is 5.91 Å². The Morgan fingerprint density at radius 2 is 1.62 bits per heavy atom. The minimum Gasteiger partial charge on any atom is -0.341 e. The predicted molar refractivity (Wildman–Crippen MR) is 120 cm³/mol. The molecule has 178 valence electrons. The Balaban J connectivity index is 1.42. The van der Waals surface area contributed by atoms with Crippen LogP contribution >= 0.6 is 0 Å². The van der Waals surface area contributed by atoms with Gasteiger partial charge in [0.05, 0.1) is 11.5 Å². The first-order valence-electron chi connectivity index (χ1n) is 11.7. The number of hydrogen-bond donors (Lipinski definition) is 0. The molecule has 1 aromatic heterocycles. The maximum absolute atomic E-state index is 13.3. The van der Waals surface area contributed by atoms with Crippen molar-refractivity contribution in [3.8, 4) is 11.4 Å². The number of piperidine rings is 1. The first-order chi connectivity index (χ1) is 16.4. The number of likely N-dealkylation sites (tertiary alicyclic amines) is 1. The van der Waals surface area contributed by atoms with Crippen LogP contribution in [0.25, 0.3) is 11.4 Å². The van der Waals surface area contributed by atoms with Crippen molar-refractivity contribution in [1.29, 1.82) is 0 Å². The SMILES string of the molecule is O=C(C1CCCC1)N1C[C@H](c2ccc(C(F)(F)F)cc2)C[C@H](c2nc(-c3ccccc3)no2)C1. The molecule has 2 fully saturated rings. The van der Waals surface area contributed by atoms with Gasteiger partial charge < -0.3 is 9.42 Å². The quantitative estimate of drug-likeness (QED) is 0.467. The highest BCUT2D eigenvalue weighted by atomic mass is 19.4. The second-order valence-corrected chi connectivity index (χ2v) is 9.30. The molecule has 0 bridgehead atoms. The molecule has 8 heteroatoms. The van der Waals surface area contributed by atoms with Crippen LogP contribution in [0.2, 0.25) is 0 Å². The van der Waals surface area contributed by atoms with Crippen LogP contribution in [0.15, 0.2) is 59.1 Å². The van der Waals surface area contributed by atoms with Crippen molar-refractivity contribution in [2.24, 2.45) is 5.92 Å². The Morgan fingerprint density at radius 3 is 2.29 bits per heavy atom. The predicted octanol–water partition coefficient (Wildman–Crippen LogP) is 6.05. The van der Waals surface area contributed by atoms with Crippen molar-refractivity contribution < 1.29 is 22.5 Å². The lowest BCUT2D eigenvalue weighted by molar-refractivity contribution is -0.138. The van der Waals surface area contributed by atoms with Crippen molar-refractivity contribution in [1.82, 2.24) is 15.0 Å². The summed E-state index contributed by atoms with van der Waals surface area (Å²) < 4.78 is 44.8. The third kappa shape index (κ3) is 4.72. The summed E-state index contributed by atoms with van der Waals surface area (Å²) in [4.78, 5) is 19.7. The second-order valence-electron chi connectivity index (χ2n) is 9.30. The zero-order chi connectivity index (χ0) is 23.7. The molecule has 5 nitrogen and oxygen atoms in total. The topological polar surface area (TPSA) is 59.2 Å². The van der Waals surface area contributed by atoms with Crippen LogP contribution in [-0.4, -0.2) is 34.0 Å². The summed E-state index contributed by atoms with van der Waals surface area (Å²) in [5.41, 5.74) is 0.947. The van der Waals surface area contributed by atoms with Crippen LogP contribution in [0.1, 0.15) is 61.0 Å². The molecular formula is C26H26F3N3O2. The highest BCUT2D eigenvalue weighted by Gasteiger charge is 2.38. The molecule has 2 aliphatic rings. The van der Waals surface area contributed by atoms with Gasteiger partial charge in [-0.15, -0.1) is 0 Å². The van der Waals surface area contributed by atoms with Crippen LogP contribution in [0.4, 0.5) is 13.2 Å². The van der Waals surface area contributed by atoms with E-state index in [1.54, 1.807) is 0 Å². The number of alkyl halides is 3. The van der Waals surface area contributed by atoms with Crippen LogP contribution in [-0.2, 0) is 11.0 Å². The Morgan fingerprint density at radius 1 is 0.941 bits per heavy atom. The van der Waals surface area contributed by atoms with Gasteiger partial charge in [0.1, 0.15) is 0 Å². The lowest BCUT2D eigenvalue weighted by atomic mass is 9.83. The molecule has 1 saturated heterocycles. The maximum atomic E-state index is 13.3. The van der Waals surface area contributed by atoms with E-state index in [-0.39, 0.29) is 23.7 Å². The molecule has 2 aromatic carbocycles. The van der Waals surface area contributed by atoms with E-state index >= 15 is 0 Å². The molecule has 1 amide bonds. The van der Waals surface area contributed by atoms with E-state index in [1.165, 1.54) is 12.1 Å². The van der Waals surface area contributed by atoms with Gasteiger partial charge in [-0.05, 0) is 37.0 Å². The Hall–Kier alpha value is -3.16. The highest BCUT2D eigenvalue weighted by molar-refractivity contribution is 5.79. The summed E-state index contributed by atoms with van der Waals surface area (Å²) >= 11 is 0. The minimum absolute atomic E-state index is 0.0228. The largest absolute Gasteiger partial charge is 0.416 e. The minimum atomic E-state index is -4.38. The standard InChI is InChI=1S/C26H26F3N3O2/c27-26(28,29)22-12-10-17(11-13-22)20-14-21(16-32(15-20)25(33)19-8-4-5-9-19)24-30-23(31-34-24)18-6-2-1-3-7-18/h1-3,6-7,10-13,19-21H,4-5,8-9,14-16H2/t20-,21+/m1/s1. The van der Waals surface area contributed by atoms with Gasteiger partial charge in [-0.3, -0.25) is 4.79 Å². The van der Waals surface area contributed by atoms with Gasteiger partial charge in [0.2, 0.25) is 17.6 Å². The van der Waals surface area contributed by atoms with Gasteiger partial charge in [-0.2, -0.15) is 18.2 Å². The number of amides is 1. The lowest BCUT2D eigenvalue weighted by Gasteiger charge is -2.38. The summed E-state index contributed by atoms with van der Waals surface area (Å²) in [5.74, 6) is 0.798. The molecule has 34 heavy (non-hydrogen) atoms. The number of carbonyl (C=O) groups excluding carboxylic acids is 1. The monoisotopic (exact) mass is 469 g/mol. The van der Waals surface area contributed by atoms with Crippen LogP contribution in [0, 0.1) is 5.92 Å². The highest BCUT2D eigenvalue weighted by Crippen LogP contribution is 2.39. The van der Waals surface area contributed by atoms with Gasteiger partial charge in [0.15, 0.2) is 0 Å². The van der Waals surface area contributed by atoms with E-state index in [1.807, 2.05) is 35.2 Å². The number of nitrogens with zero attached hydrogens (tertiary/aromatic N) is 3. The Labute approximate surface area is 196 Å². The summed E-state index contributed by atoms with van der Waals surface area (Å²) in [5, 5.41) is 4.13. The molecule has 1 aliphatic carbocycles. The zero-order valence-corrected chi connectivity index (χ0v) is 18.7. The summed E-state index contributed by atoms with van der Waals surface area (Å²) in [6.45, 7) is 0.958. The molecular weight excluding hydrogens is 443 g/mol. The second kappa shape index (κ2) is 9.24. The molecule has 3 aromatic rings. The molecule has 1 saturated carbocycles. The summed E-state index contributed by atoms with van der Waals surface area (Å²) in [6.07, 6.45) is 0.138. The number of benzene rings is 2. The van der Waals surface area contributed by atoms with Crippen molar-refractivity contribution in [3.05, 3.63) is 71.6 Å². The fourth-order valence-electron chi connectivity index (χ4n) is 5.18. The molecule has 0 radical (unpaired) electrons. The van der Waals surface area contributed by atoms with E-state index in [4.69, 9.17) is 4.52 Å². The fourth-order valence-corrected chi connectivity index (χ4v) is 5.18. The van der Waals surface area contributed by atoms with E-state index in [0.29, 0.717) is 31.2 Å².